The zero-order chi connectivity index (χ0) is 19.8. The molecule has 3 rings (SSSR count). The van der Waals surface area contributed by atoms with Gasteiger partial charge >= 0.3 is 5.97 Å². The van der Waals surface area contributed by atoms with Crippen LogP contribution in [-0.2, 0) is 33.0 Å². The lowest BCUT2D eigenvalue weighted by Crippen LogP contribution is -2.22. The average Bonchev–Trinajstić information content (AvgIpc) is 3.17. The van der Waals surface area contributed by atoms with Crippen LogP contribution in [0.15, 0.2) is 40.4 Å². The Labute approximate surface area is 158 Å². The molecule has 0 atom stereocenters. The van der Waals surface area contributed by atoms with Crippen molar-refractivity contribution in [2.24, 2.45) is 12.0 Å². The Morgan fingerprint density at radius 2 is 2.04 bits per heavy atom. The van der Waals surface area contributed by atoms with E-state index in [0.717, 1.165) is 17.6 Å². The van der Waals surface area contributed by atoms with Gasteiger partial charge in [0.15, 0.2) is 14.6 Å². The van der Waals surface area contributed by atoms with Gasteiger partial charge in [-0.05, 0) is 24.3 Å². The largest absolute Gasteiger partial charge is 0.468 e. The van der Waals surface area contributed by atoms with Gasteiger partial charge in [-0.2, -0.15) is 10.1 Å². The maximum absolute atomic E-state index is 12.5. The molecular formula is C16H16N4O5S2. The quantitative estimate of drug-likeness (QED) is 0.589. The molecule has 0 bridgehead atoms. The van der Waals surface area contributed by atoms with E-state index in [-0.39, 0.29) is 21.9 Å². The number of sulfone groups is 1. The lowest BCUT2D eigenvalue weighted by Gasteiger charge is -2.04. The highest BCUT2D eigenvalue weighted by atomic mass is 32.2. The molecule has 2 aromatic heterocycles. The molecule has 11 heteroatoms. The Bertz CT molecular complexity index is 1220. The molecule has 0 unspecified atom stereocenters. The number of nitrogens with zero attached hydrogens (tertiary/aromatic N) is 4. The summed E-state index contributed by atoms with van der Waals surface area (Å²) in [4.78, 5) is 28.8. The Balaban J connectivity index is 2.21. The van der Waals surface area contributed by atoms with Crippen molar-refractivity contribution >= 4 is 43.3 Å². The van der Waals surface area contributed by atoms with Crippen molar-refractivity contribution in [3.05, 3.63) is 41.0 Å². The summed E-state index contributed by atoms with van der Waals surface area (Å²) in [6.07, 6.45) is 2.59. The first-order chi connectivity index (χ1) is 12.7. The highest BCUT2D eigenvalue weighted by molar-refractivity contribution is 7.90. The van der Waals surface area contributed by atoms with Crippen LogP contribution in [0.1, 0.15) is 10.5 Å². The minimum Gasteiger partial charge on any atom is -0.468 e. The van der Waals surface area contributed by atoms with Gasteiger partial charge in [0.2, 0.25) is 0 Å². The van der Waals surface area contributed by atoms with Crippen molar-refractivity contribution in [1.29, 1.82) is 0 Å². The van der Waals surface area contributed by atoms with E-state index in [9.17, 15) is 18.0 Å². The molecule has 0 aliphatic heterocycles. The van der Waals surface area contributed by atoms with E-state index in [1.165, 1.54) is 40.8 Å². The first kappa shape index (κ1) is 19.0. The fraction of sp³-hybridized carbons (Fsp3) is 0.250. The van der Waals surface area contributed by atoms with Crippen molar-refractivity contribution in [3.8, 4) is 0 Å². The number of esters is 1. The van der Waals surface area contributed by atoms with Gasteiger partial charge in [-0.3, -0.25) is 14.3 Å². The van der Waals surface area contributed by atoms with E-state index in [1.807, 2.05) is 0 Å². The topological polar surface area (TPSA) is 113 Å². The van der Waals surface area contributed by atoms with Gasteiger partial charge in [-0.1, -0.05) is 11.3 Å². The number of ether oxygens (including phenoxy) is 1. The number of rotatable bonds is 4. The molecule has 0 radical (unpaired) electrons. The second kappa shape index (κ2) is 7.08. The molecule has 1 aromatic carbocycles. The van der Waals surface area contributed by atoms with Crippen LogP contribution in [0.4, 0.5) is 0 Å². The Hall–Kier alpha value is -2.79. The molecule has 3 aromatic rings. The van der Waals surface area contributed by atoms with E-state index >= 15 is 0 Å². The van der Waals surface area contributed by atoms with Crippen molar-refractivity contribution in [1.82, 2.24) is 14.3 Å². The number of benzene rings is 1. The number of amides is 1. The maximum atomic E-state index is 12.5. The van der Waals surface area contributed by atoms with Crippen molar-refractivity contribution in [2.45, 2.75) is 11.4 Å². The van der Waals surface area contributed by atoms with Crippen LogP contribution in [0, 0.1) is 0 Å². The van der Waals surface area contributed by atoms with Crippen molar-refractivity contribution < 1.29 is 22.7 Å². The fourth-order valence-corrected chi connectivity index (χ4v) is 4.23. The minimum atomic E-state index is -3.39. The molecule has 0 spiro atoms. The van der Waals surface area contributed by atoms with E-state index < -0.39 is 21.7 Å². The predicted octanol–water partition coefficient (Wildman–Crippen LogP) is 0.754. The molecule has 0 saturated heterocycles. The van der Waals surface area contributed by atoms with Crippen LogP contribution in [0.2, 0.25) is 0 Å². The zero-order valence-electron chi connectivity index (χ0n) is 14.7. The van der Waals surface area contributed by atoms with Crippen molar-refractivity contribution in [3.63, 3.8) is 0 Å². The molecule has 142 valence electrons. The third-order valence-electron chi connectivity index (χ3n) is 3.83. The molecule has 0 N–H and O–H groups in total. The number of carbonyl (C=O) groups is 2. The fourth-order valence-electron chi connectivity index (χ4n) is 2.44. The third kappa shape index (κ3) is 3.83. The van der Waals surface area contributed by atoms with E-state index in [1.54, 1.807) is 13.1 Å². The van der Waals surface area contributed by atoms with Crippen LogP contribution in [0.5, 0.6) is 0 Å². The lowest BCUT2D eigenvalue weighted by atomic mass is 10.3. The number of hydrogen-bond donors (Lipinski definition) is 0. The van der Waals surface area contributed by atoms with Gasteiger partial charge in [-0.15, -0.1) is 0 Å². The SMILES string of the molecule is COC(=O)Cn1c(=NC(=O)c2ccnn2C)sc2cc(S(C)(=O)=O)ccc21. The lowest BCUT2D eigenvalue weighted by molar-refractivity contribution is -0.141. The molecular weight excluding hydrogens is 392 g/mol. The standard InChI is InChI=1S/C16H16N4O5S2/c1-19-12(6-7-17-19)15(22)18-16-20(9-14(21)25-2)11-5-4-10(27(3,23)24)8-13(11)26-16/h4-8H,9H2,1-3H3. The molecule has 2 heterocycles. The number of carbonyl (C=O) groups excluding carboxylic acids is 2. The number of fused-ring (bicyclic) bond motifs is 1. The number of thiazole rings is 1. The summed E-state index contributed by atoms with van der Waals surface area (Å²) in [7, 11) is -0.513. The van der Waals surface area contributed by atoms with Gasteiger partial charge in [0, 0.05) is 19.5 Å². The third-order valence-corrected chi connectivity index (χ3v) is 5.99. The van der Waals surface area contributed by atoms with E-state index in [4.69, 9.17) is 4.74 Å². The summed E-state index contributed by atoms with van der Waals surface area (Å²) in [6.45, 7) is -0.160. The molecule has 0 aliphatic rings. The van der Waals surface area contributed by atoms with Crippen LogP contribution < -0.4 is 4.80 Å². The monoisotopic (exact) mass is 408 g/mol. The number of hydrogen-bond acceptors (Lipinski definition) is 7. The molecule has 0 saturated carbocycles. The summed E-state index contributed by atoms with van der Waals surface area (Å²) < 4.78 is 31.8. The van der Waals surface area contributed by atoms with Gasteiger partial charge in [0.1, 0.15) is 12.2 Å². The Morgan fingerprint density at radius 1 is 1.30 bits per heavy atom. The summed E-state index contributed by atoms with van der Waals surface area (Å²) in [6, 6.07) is 6.06. The second-order valence-electron chi connectivity index (χ2n) is 5.71. The normalized spacial score (nSPS) is 12.5. The first-order valence-corrected chi connectivity index (χ1v) is 10.4. The summed E-state index contributed by atoms with van der Waals surface area (Å²) in [5.74, 6) is -1.04. The smallest absolute Gasteiger partial charge is 0.325 e. The summed E-state index contributed by atoms with van der Waals surface area (Å²) in [5.41, 5.74) is 0.864. The van der Waals surface area contributed by atoms with Gasteiger partial charge in [0.05, 0.1) is 22.2 Å². The van der Waals surface area contributed by atoms with Crippen LogP contribution >= 0.6 is 11.3 Å². The maximum Gasteiger partial charge on any atom is 0.325 e. The highest BCUT2D eigenvalue weighted by Crippen LogP contribution is 2.22. The van der Waals surface area contributed by atoms with Gasteiger partial charge < -0.3 is 9.30 Å². The molecule has 0 fully saturated rings. The van der Waals surface area contributed by atoms with E-state index in [0.29, 0.717) is 10.2 Å². The van der Waals surface area contributed by atoms with E-state index in [2.05, 4.69) is 10.1 Å². The second-order valence-corrected chi connectivity index (χ2v) is 8.73. The first-order valence-electron chi connectivity index (χ1n) is 7.68. The zero-order valence-corrected chi connectivity index (χ0v) is 16.4. The molecule has 9 nitrogen and oxygen atoms in total. The summed E-state index contributed by atoms with van der Waals surface area (Å²) >= 11 is 1.11. The molecule has 27 heavy (non-hydrogen) atoms. The Morgan fingerprint density at radius 3 is 2.63 bits per heavy atom. The highest BCUT2D eigenvalue weighted by Gasteiger charge is 2.16. The number of aromatic nitrogens is 3. The predicted molar refractivity (Wildman–Crippen MR) is 98.0 cm³/mol. The van der Waals surface area contributed by atoms with Crippen molar-refractivity contribution in [2.75, 3.05) is 13.4 Å². The van der Waals surface area contributed by atoms with Crippen LogP contribution in [0.3, 0.4) is 0 Å². The van der Waals surface area contributed by atoms with Crippen LogP contribution in [-0.4, -0.2) is 48.0 Å². The van der Waals surface area contributed by atoms with Crippen LogP contribution in [0.25, 0.3) is 10.2 Å². The Kier molecular flexibility index (Phi) is 4.98. The van der Waals surface area contributed by atoms with Gasteiger partial charge in [-0.25, -0.2) is 8.42 Å². The number of methoxy groups -OCH3 is 1. The molecule has 1 amide bonds. The minimum absolute atomic E-state index is 0.144. The molecule has 0 aliphatic carbocycles. The average molecular weight is 408 g/mol. The van der Waals surface area contributed by atoms with Gasteiger partial charge in [0.25, 0.3) is 5.91 Å². The summed E-state index contributed by atoms with van der Waals surface area (Å²) in [5, 5.41) is 3.94. The number of aryl methyl sites for hydroxylation is 1.